The lowest BCUT2D eigenvalue weighted by Gasteiger charge is -2.04. The summed E-state index contributed by atoms with van der Waals surface area (Å²) in [4.78, 5) is 3.41. The summed E-state index contributed by atoms with van der Waals surface area (Å²) in [5, 5.41) is 3.08. The van der Waals surface area contributed by atoms with Crippen LogP contribution in [-0.2, 0) is 6.18 Å². The Balaban J connectivity index is 2.29. The molecule has 0 aromatic carbocycles. The van der Waals surface area contributed by atoms with Gasteiger partial charge in [-0.3, -0.25) is 0 Å². The van der Waals surface area contributed by atoms with Crippen LogP contribution in [0.1, 0.15) is 29.7 Å². The van der Waals surface area contributed by atoms with E-state index in [0.29, 0.717) is 18.0 Å². The van der Waals surface area contributed by atoms with E-state index in [1.165, 1.54) is 0 Å². The van der Waals surface area contributed by atoms with Gasteiger partial charge in [-0.15, -0.1) is 0 Å². The number of rotatable bonds is 1. The third kappa shape index (κ3) is 1.99. The Morgan fingerprint density at radius 1 is 1.47 bits per heavy atom. The average Bonchev–Trinajstić information content (AvgIpc) is 2.69. The lowest BCUT2D eigenvalue weighted by atomic mass is 10.1. The molecular weight excluding hydrogens is 209 g/mol. The van der Waals surface area contributed by atoms with E-state index in [4.69, 9.17) is 4.42 Å². The lowest BCUT2D eigenvalue weighted by Crippen LogP contribution is -2.08. The van der Waals surface area contributed by atoms with Gasteiger partial charge in [0.1, 0.15) is 5.76 Å². The van der Waals surface area contributed by atoms with Crippen LogP contribution in [0.4, 0.5) is 13.2 Å². The molecule has 3 nitrogen and oxygen atoms in total. The van der Waals surface area contributed by atoms with E-state index in [1.54, 1.807) is 6.92 Å². The van der Waals surface area contributed by atoms with E-state index in [9.17, 15) is 13.2 Å². The molecule has 2 rings (SSSR count). The highest BCUT2D eigenvalue weighted by molar-refractivity contribution is 5.16. The van der Waals surface area contributed by atoms with Crippen LogP contribution in [0.2, 0.25) is 0 Å². The highest BCUT2D eigenvalue weighted by Gasteiger charge is 2.39. The van der Waals surface area contributed by atoms with Crippen molar-refractivity contribution < 1.29 is 17.6 Å². The molecule has 1 fully saturated rings. The van der Waals surface area contributed by atoms with E-state index in [-0.39, 0.29) is 5.92 Å². The minimum Gasteiger partial charge on any atom is -0.437 e. The van der Waals surface area contributed by atoms with Gasteiger partial charge in [0, 0.05) is 12.5 Å². The first-order valence-corrected chi connectivity index (χ1v) is 4.73. The van der Waals surface area contributed by atoms with Crippen molar-refractivity contribution in [3.63, 3.8) is 0 Å². The molecule has 0 amide bonds. The van der Waals surface area contributed by atoms with Crippen LogP contribution in [0.3, 0.4) is 0 Å². The number of nitrogens with zero attached hydrogens (tertiary/aromatic N) is 1. The molecule has 84 valence electrons. The number of alkyl halides is 3. The fourth-order valence-corrected chi connectivity index (χ4v) is 1.79. The zero-order valence-corrected chi connectivity index (χ0v) is 8.19. The quantitative estimate of drug-likeness (QED) is 0.787. The predicted molar refractivity (Wildman–Crippen MR) is 46.5 cm³/mol. The monoisotopic (exact) mass is 220 g/mol. The molecule has 1 aliphatic rings. The third-order valence-electron chi connectivity index (χ3n) is 2.51. The second kappa shape index (κ2) is 3.52. The number of nitrogens with one attached hydrogen (secondary N) is 1. The molecule has 1 aromatic rings. The maximum atomic E-state index is 12.3. The molecule has 0 radical (unpaired) electrons. The second-order valence-corrected chi connectivity index (χ2v) is 3.66. The highest BCUT2D eigenvalue weighted by atomic mass is 19.4. The second-order valence-electron chi connectivity index (χ2n) is 3.66. The van der Waals surface area contributed by atoms with Crippen molar-refractivity contribution in [1.82, 2.24) is 10.3 Å². The van der Waals surface area contributed by atoms with Crippen molar-refractivity contribution in [3.8, 4) is 0 Å². The number of aromatic nitrogens is 1. The summed E-state index contributed by atoms with van der Waals surface area (Å²) in [7, 11) is 0. The van der Waals surface area contributed by atoms with Crippen molar-refractivity contribution in [3.05, 3.63) is 17.3 Å². The Morgan fingerprint density at radius 3 is 2.67 bits per heavy atom. The SMILES string of the molecule is Cc1nc(C(F)(F)F)oc1C1CCNC1. The maximum absolute atomic E-state index is 12.3. The van der Waals surface area contributed by atoms with Gasteiger partial charge in [0.15, 0.2) is 0 Å². The molecular formula is C9H11F3N2O. The van der Waals surface area contributed by atoms with Gasteiger partial charge in [-0.05, 0) is 19.9 Å². The fraction of sp³-hybridized carbons (Fsp3) is 0.667. The first-order valence-electron chi connectivity index (χ1n) is 4.73. The minimum absolute atomic E-state index is 0.0219. The number of oxazole rings is 1. The van der Waals surface area contributed by atoms with Crippen LogP contribution in [-0.4, -0.2) is 18.1 Å². The molecule has 1 atom stereocenters. The van der Waals surface area contributed by atoms with Crippen molar-refractivity contribution in [2.45, 2.75) is 25.4 Å². The topological polar surface area (TPSA) is 38.1 Å². The molecule has 1 unspecified atom stereocenters. The standard InChI is InChI=1S/C9H11F3N2O/c1-5-7(6-2-3-13-4-6)15-8(14-5)9(10,11)12/h6,13H,2-4H2,1H3. The number of hydrogen-bond acceptors (Lipinski definition) is 3. The van der Waals surface area contributed by atoms with Crippen LogP contribution >= 0.6 is 0 Å². The summed E-state index contributed by atoms with van der Waals surface area (Å²) in [6.07, 6.45) is -3.69. The number of halogens is 3. The summed E-state index contributed by atoms with van der Waals surface area (Å²) in [5.41, 5.74) is 0.344. The van der Waals surface area contributed by atoms with Gasteiger partial charge in [0.2, 0.25) is 0 Å². The summed E-state index contributed by atoms with van der Waals surface area (Å²) < 4.78 is 41.7. The van der Waals surface area contributed by atoms with E-state index in [1.807, 2.05) is 0 Å². The van der Waals surface area contributed by atoms with E-state index < -0.39 is 12.1 Å². The Kier molecular flexibility index (Phi) is 2.46. The molecule has 15 heavy (non-hydrogen) atoms. The molecule has 0 bridgehead atoms. The molecule has 1 aromatic heterocycles. The Hall–Kier alpha value is -1.04. The highest BCUT2D eigenvalue weighted by Crippen LogP contribution is 2.33. The Labute approximate surface area is 84.7 Å². The van der Waals surface area contributed by atoms with Crippen LogP contribution in [0.15, 0.2) is 4.42 Å². The first-order chi connectivity index (χ1) is 6.98. The van der Waals surface area contributed by atoms with Gasteiger partial charge in [0.05, 0.1) is 5.69 Å². The van der Waals surface area contributed by atoms with E-state index in [0.717, 1.165) is 13.0 Å². The maximum Gasteiger partial charge on any atom is 0.468 e. The van der Waals surface area contributed by atoms with Crippen molar-refractivity contribution in [2.24, 2.45) is 0 Å². The molecule has 0 aliphatic carbocycles. The van der Waals surface area contributed by atoms with Crippen molar-refractivity contribution >= 4 is 0 Å². The lowest BCUT2D eigenvalue weighted by molar-refractivity contribution is -0.157. The Morgan fingerprint density at radius 2 is 2.20 bits per heavy atom. The zero-order chi connectivity index (χ0) is 11.1. The number of aryl methyl sites for hydroxylation is 1. The molecule has 6 heteroatoms. The van der Waals surface area contributed by atoms with Gasteiger partial charge in [0.25, 0.3) is 0 Å². The summed E-state index contributed by atoms with van der Waals surface area (Å²) in [6, 6.07) is 0. The van der Waals surface area contributed by atoms with Gasteiger partial charge in [-0.2, -0.15) is 13.2 Å². The van der Waals surface area contributed by atoms with Gasteiger partial charge in [-0.25, -0.2) is 4.98 Å². The Bertz CT molecular complexity index is 353. The third-order valence-corrected chi connectivity index (χ3v) is 2.51. The van der Waals surface area contributed by atoms with Crippen LogP contribution in [0.5, 0.6) is 0 Å². The largest absolute Gasteiger partial charge is 0.468 e. The molecule has 1 saturated heterocycles. The summed E-state index contributed by atoms with van der Waals surface area (Å²) >= 11 is 0. The molecule has 1 aliphatic heterocycles. The zero-order valence-electron chi connectivity index (χ0n) is 8.19. The van der Waals surface area contributed by atoms with Gasteiger partial charge < -0.3 is 9.73 Å². The molecule has 1 N–H and O–H groups in total. The number of hydrogen-bond donors (Lipinski definition) is 1. The predicted octanol–water partition coefficient (Wildman–Crippen LogP) is 2.08. The summed E-state index contributed by atoms with van der Waals surface area (Å²) in [5.74, 6) is -0.747. The molecule has 2 heterocycles. The van der Waals surface area contributed by atoms with Gasteiger partial charge in [-0.1, -0.05) is 0 Å². The molecule has 0 saturated carbocycles. The summed E-state index contributed by atoms with van der Waals surface area (Å²) in [6.45, 7) is 3.02. The first kappa shape index (κ1) is 10.5. The van der Waals surface area contributed by atoms with Crippen molar-refractivity contribution in [2.75, 3.05) is 13.1 Å². The van der Waals surface area contributed by atoms with Crippen LogP contribution in [0.25, 0.3) is 0 Å². The molecule has 0 spiro atoms. The van der Waals surface area contributed by atoms with Gasteiger partial charge >= 0.3 is 12.1 Å². The van der Waals surface area contributed by atoms with E-state index >= 15 is 0 Å². The van der Waals surface area contributed by atoms with Crippen LogP contribution < -0.4 is 5.32 Å². The van der Waals surface area contributed by atoms with E-state index in [2.05, 4.69) is 10.3 Å². The fourth-order valence-electron chi connectivity index (χ4n) is 1.79. The van der Waals surface area contributed by atoms with Crippen molar-refractivity contribution in [1.29, 1.82) is 0 Å². The van der Waals surface area contributed by atoms with Crippen LogP contribution in [0, 0.1) is 6.92 Å². The normalized spacial score (nSPS) is 22.3. The minimum atomic E-state index is -4.49. The average molecular weight is 220 g/mol. The smallest absolute Gasteiger partial charge is 0.437 e.